The highest BCUT2D eigenvalue weighted by Crippen LogP contribution is 2.31. The second-order valence-electron chi connectivity index (χ2n) is 15.3. The minimum Gasteiger partial charge on any atom is -0.444 e. The molecule has 0 spiro atoms. The second kappa shape index (κ2) is 17.8. The molecule has 2 N–H and O–H groups in total. The van der Waals surface area contributed by atoms with E-state index in [2.05, 4.69) is 10.1 Å². The number of hydrazine groups is 1. The Morgan fingerprint density at radius 3 is 2.39 bits per heavy atom. The molecule has 3 aliphatic rings. The number of benzene rings is 1. The minimum atomic E-state index is -4.08. The second-order valence-corrected chi connectivity index (χ2v) is 17.2. The Hall–Kier alpha value is -4.38. The van der Waals surface area contributed by atoms with Crippen LogP contribution >= 0.6 is 0 Å². The van der Waals surface area contributed by atoms with Crippen molar-refractivity contribution in [3.63, 3.8) is 0 Å². The van der Waals surface area contributed by atoms with Crippen LogP contribution in [0.3, 0.4) is 0 Å². The van der Waals surface area contributed by atoms with Gasteiger partial charge in [0.1, 0.15) is 41.9 Å². The maximum atomic E-state index is 14.5. The molecule has 4 rings (SSSR count). The zero-order valence-electron chi connectivity index (χ0n) is 31.8. The quantitative estimate of drug-likeness (QED) is 0.141. The smallest absolute Gasteiger partial charge is 0.410 e. The molecule has 2 fully saturated rings. The fourth-order valence-corrected chi connectivity index (χ4v) is 7.78. The van der Waals surface area contributed by atoms with E-state index in [4.69, 9.17) is 9.47 Å². The molecule has 0 aromatic heterocycles. The number of ether oxygens (including phenoxy) is 2. The number of amides is 4. The van der Waals surface area contributed by atoms with E-state index in [0.29, 0.717) is 43.1 Å². The summed E-state index contributed by atoms with van der Waals surface area (Å²) in [5.74, 6) is -2.54. The van der Waals surface area contributed by atoms with Crippen LogP contribution in [0.25, 0.3) is 0 Å². The predicted molar refractivity (Wildman–Crippen MR) is 194 cm³/mol. The van der Waals surface area contributed by atoms with Crippen molar-refractivity contribution in [3.8, 4) is 0 Å². The molecule has 1 aliphatic carbocycles. The molecular formula is C37H52FN5O10S. The Morgan fingerprint density at radius 1 is 1.09 bits per heavy atom. The summed E-state index contributed by atoms with van der Waals surface area (Å²) < 4.78 is 52.0. The average Bonchev–Trinajstić information content (AvgIpc) is 3.73. The number of hydrogen-bond donors (Lipinski definition) is 2. The average molecular weight is 778 g/mol. The maximum absolute atomic E-state index is 14.5. The molecule has 4 atom stereocenters. The normalized spacial score (nSPS) is 19.3. The van der Waals surface area contributed by atoms with Gasteiger partial charge in [0.15, 0.2) is 5.78 Å². The van der Waals surface area contributed by atoms with Crippen molar-refractivity contribution in [2.75, 3.05) is 6.54 Å². The highest BCUT2D eigenvalue weighted by molar-refractivity contribution is 7.90. The van der Waals surface area contributed by atoms with Gasteiger partial charge in [0, 0.05) is 24.9 Å². The number of aldehydes is 1. The molecule has 17 heteroatoms. The number of fused-ring (bicyclic) bond motifs is 1. The lowest BCUT2D eigenvalue weighted by Gasteiger charge is -2.34. The van der Waals surface area contributed by atoms with E-state index in [-0.39, 0.29) is 51.1 Å². The van der Waals surface area contributed by atoms with Crippen molar-refractivity contribution in [2.45, 2.75) is 141 Å². The van der Waals surface area contributed by atoms with Gasteiger partial charge < -0.3 is 24.5 Å². The lowest BCUT2D eigenvalue weighted by Crippen LogP contribution is -2.60. The fraction of sp³-hybridized carbons (Fsp3) is 0.622. The van der Waals surface area contributed by atoms with Crippen molar-refractivity contribution in [3.05, 3.63) is 46.8 Å². The summed E-state index contributed by atoms with van der Waals surface area (Å²) in [6, 6.07) is 0.427. The number of ketones is 1. The molecule has 2 aliphatic heterocycles. The first-order valence-electron chi connectivity index (χ1n) is 18.3. The van der Waals surface area contributed by atoms with Crippen LogP contribution in [-0.2, 0) is 51.8 Å². The Bertz CT molecular complexity index is 1740. The summed E-state index contributed by atoms with van der Waals surface area (Å²) in [5, 5.41) is 2.51. The number of alkyl carbamates (subject to hydrolysis) is 1. The van der Waals surface area contributed by atoms with Crippen LogP contribution in [0, 0.1) is 5.82 Å². The molecule has 1 saturated carbocycles. The SMILES string of the molecule is CCCCC(C=O)N(NS(=O)(=O)C1CC1)C(=O)[C@@H]1C[C@@H](OC(=O)N2Cc3cccc(F)c3C2)CN1C(=O)[C@H](CCC(=O)C=C(C)C)NC(=O)OC(C)(C)C. The van der Waals surface area contributed by atoms with Gasteiger partial charge in [-0.05, 0) is 78.0 Å². The molecule has 2 heterocycles. The van der Waals surface area contributed by atoms with Crippen LogP contribution < -0.4 is 10.1 Å². The number of unbranched alkanes of at least 4 members (excludes halogenated alkanes) is 1. The summed E-state index contributed by atoms with van der Waals surface area (Å²) >= 11 is 0. The number of nitrogens with one attached hydrogen (secondary N) is 2. The lowest BCUT2D eigenvalue weighted by molar-refractivity contribution is -0.148. The lowest BCUT2D eigenvalue weighted by atomic mass is 10.0. The van der Waals surface area contributed by atoms with Gasteiger partial charge in [0.05, 0.1) is 18.3 Å². The molecule has 15 nitrogen and oxygen atoms in total. The van der Waals surface area contributed by atoms with Crippen LogP contribution in [0.5, 0.6) is 0 Å². The van der Waals surface area contributed by atoms with Crippen LogP contribution in [0.15, 0.2) is 29.8 Å². The van der Waals surface area contributed by atoms with Gasteiger partial charge in [-0.1, -0.05) is 37.5 Å². The third kappa shape index (κ3) is 11.3. The number of allylic oxidation sites excluding steroid dienone is 2. The van der Waals surface area contributed by atoms with Crippen molar-refractivity contribution in [1.29, 1.82) is 0 Å². The summed E-state index contributed by atoms with van der Waals surface area (Å²) in [4.78, 5) is 85.1. The van der Waals surface area contributed by atoms with E-state index < -0.39 is 74.9 Å². The van der Waals surface area contributed by atoms with Crippen molar-refractivity contribution in [2.24, 2.45) is 0 Å². The third-order valence-corrected chi connectivity index (χ3v) is 11.0. The fourth-order valence-electron chi connectivity index (χ4n) is 6.37. The summed E-state index contributed by atoms with van der Waals surface area (Å²) in [6.45, 7) is 9.87. The van der Waals surface area contributed by atoms with Gasteiger partial charge >= 0.3 is 12.2 Å². The zero-order valence-corrected chi connectivity index (χ0v) is 32.6. The Labute approximate surface area is 316 Å². The van der Waals surface area contributed by atoms with Crippen molar-refractivity contribution < 1.29 is 51.0 Å². The standard InChI is InChI=1S/C37H52FN5O10S/c1-7-8-11-25(22-44)43(40-54(50,51)28-14-15-28)34(47)32-18-27(52-36(49)41-19-24-10-9-12-30(38)29(24)21-41)20-42(32)33(46)31(16-13-26(45)17-23(2)3)39-35(48)53-37(4,5)6/h9-10,12,17,22,25,27-28,31-32,40H,7-8,11,13-16,18-21H2,1-6H3,(H,39,48)/t25?,27-,31+,32+/m1/s1. The van der Waals surface area contributed by atoms with E-state index in [9.17, 15) is 41.6 Å². The summed E-state index contributed by atoms with van der Waals surface area (Å²) in [7, 11) is -4.08. The van der Waals surface area contributed by atoms with E-state index in [1.165, 1.54) is 23.1 Å². The van der Waals surface area contributed by atoms with E-state index in [1.54, 1.807) is 40.7 Å². The number of carbonyl (C=O) groups excluding carboxylic acids is 6. The number of carbonyl (C=O) groups is 6. The Kier molecular flexibility index (Phi) is 14.0. The predicted octanol–water partition coefficient (Wildman–Crippen LogP) is 4.04. The number of halogens is 1. The van der Waals surface area contributed by atoms with Gasteiger partial charge in [-0.25, -0.2) is 22.4 Å². The van der Waals surface area contributed by atoms with Gasteiger partial charge in [-0.15, -0.1) is 4.83 Å². The number of rotatable bonds is 16. The molecule has 1 saturated heterocycles. The Morgan fingerprint density at radius 2 is 1.80 bits per heavy atom. The highest BCUT2D eigenvalue weighted by atomic mass is 32.2. The summed E-state index contributed by atoms with van der Waals surface area (Å²) in [6.07, 6.45) is 0.323. The van der Waals surface area contributed by atoms with Gasteiger partial charge in [-0.2, -0.15) is 0 Å². The van der Waals surface area contributed by atoms with E-state index in [1.807, 2.05) is 6.92 Å². The molecule has 1 unspecified atom stereocenters. The number of nitrogens with zero attached hydrogens (tertiary/aromatic N) is 3. The zero-order chi connectivity index (χ0) is 40.0. The van der Waals surface area contributed by atoms with Gasteiger partial charge in [0.2, 0.25) is 15.9 Å². The topological polar surface area (TPSA) is 189 Å². The first kappa shape index (κ1) is 42.4. The van der Waals surface area contributed by atoms with Crippen LogP contribution in [0.4, 0.5) is 14.0 Å². The molecule has 298 valence electrons. The molecule has 54 heavy (non-hydrogen) atoms. The third-order valence-electron chi connectivity index (χ3n) is 9.17. The molecule has 0 radical (unpaired) electrons. The largest absolute Gasteiger partial charge is 0.444 e. The molecule has 4 amide bonds. The number of sulfonamides is 1. The first-order chi connectivity index (χ1) is 25.3. The summed E-state index contributed by atoms with van der Waals surface area (Å²) in [5.41, 5.74) is 0.728. The van der Waals surface area contributed by atoms with Crippen molar-refractivity contribution in [1.82, 2.24) is 25.0 Å². The van der Waals surface area contributed by atoms with E-state index in [0.717, 1.165) is 15.5 Å². The Balaban J connectivity index is 1.67. The van der Waals surface area contributed by atoms with Crippen LogP contribution in [-0.4, -0.2) is 101 Å². The first-order valence-corrected chi connectivity index (χ1v) is 19.9. The monoisotopic (exact) mass is 777 g/mol. The highest BCUT2D eigenvalue weighted by Gasteiger charge is 2.48. The van der Waals surface area contributed by atoms with Crippen LogP contribution in [0.2, 0.25) is 0 Å². The molecular weight excluding hydrogens is 725 g/mol. The molecule has 1 aromatic rings. The maximum Gasteiger partial charge on any atom is 0.410 e. The van der Waals surface area contributed by atoms with E-state index >= 15 is 0 Å². The van der Waals surface area contributed by atoms with Crippen LogP contribution in [0.1, 0.15) is 104 Å². The molecule has 0 bridgehead atoms. The van der Waals surface area contributed by atoms with Crippen molar-refractivity contribution >= 4 is 46.1 Å². The van der Waals surface area contributed by atoms with Gasteiger partial charge in [-0.3, -0.25) is 24.3 Å². The minimum absolute atomic E-state index is 0.0602. The molecule has 1 aromatic carbocycles. The van der Waals surface area contributed by atoms with Gasteiger partial charge in [0.25, 0.3) is 5.91 Å². The number of likely N-dealkylation sites (tertiary alicyclic amines) is 1. The number of hydrogen-bond acceptors (Lipinski definition) is 10.